The van der Waals surface area contributed by atoms with Gasteiger partial charge in [0, 0.05) is 43.7 Å². The highest BCUT2D eigenvalue weighted by Gasteiger charge is 2.25. The number of anilines is 1. The Balaban J connectivity index is 1.31. The van der Waals surface area contributed by atoms with E-state index in [1.807, 2.05) is 71.3 Å². The van der Waals surface area contributed by atoms with E-state index in [4.69, 9.17) is 20.2 Å². The Morgan fingerprint density at radius 2 is 1.83 bits per heavy atom. The van der Waals surface area contributed by atoms with Gasteiger partial charge < -0.3 is 24.7 Å². The molecule has 1 unspecified atom stereocenters. The van der Waals surface area contributed by atoms with Crippen molar-refractivity contribution in [1.82, 2.24) is 14.5 Å². The normalized spacial score (nSPS) is 15.5. The molecule has 0 bridgehead atoms. The van der Waals surface area contributed by atoms with E-state index in [-0.39, 0.29) is 24.8 Å². The Kier molecular flexibility index (Phi) is 9.64. The highest BCUT2D eigenvalue weighted by atomic mass is 32.2. The Morgan fingerprint density at radius 1 is 1.02 bits per heavy atom. The zero-order valence-corrected chi connectivity index (χ0v) is 26.7. The number of methoxy groups -OCH3 is 1. The zero-order valence-electron chi connectivity index (χ0n) is 25.9. The van der Waals surface area contributed by atoms with Crippen molar-refractivity contribution in [3.05, 3.63) is 107 Å². The quantitative estimate of drug-likeness (QED) is 0.176. The number of fused-ring (bicyclic) bond motifs is 2. The van der Waals surface area contributed by atoms with Crippen LogP contribution >= 0.6 is 0 Å². The molecule has 10 nitrogen and oxygen atoms in total. The van der Waals surface area contributed by atoms with E-state index in [2.05, 4.69) is 9.62 Å². The van der Waals surface area contributed by atoms with Gasteiger partial charge in [-0.2, -0.15) is 0 Å². The fourth-order valence-corrected chi connectivity index (χ4v) is 7.29. The van der Waals surface area contributed by atoms with Crippen molar-refractivity contribution in [2.75, 3.05) is 44.7 Å². The summed E-state index contributed by atoms with van der Waals surface area (Å²) in [6, 6.07) is 26.1. The van der Waals surface area contributed by atoms with Gasteiger partial charge in [-0.15, -0.1) is 0 Å². The summed E-state index contributed by atoms with van der Waals surface area (Å²) in [4.78, 5) is 20.8. The summed E-state index contributed by atoms with van der Waals surface area (Å²) in [5, 5.41) is 2.60. The van der Waals surface area contributed by atoms with Crippen LogP contribution in [-0.2, 0) is 38.3 Å². The predicted molar refractivity (Wildman–Crippen MR) is 180 cm³/mol. The number of aromatic nitrogens is 2. The van der Waals surface area contributed by atoms with Gasteiger partial charge in [-0.05, 0) is 65.2 Å². The minimum Gasteiger partial charge on any atom is -0.461 e. The molecular formula is C35H39N5O5S. The predicted octanol–water partition coefficient (Wildman–Crippen LogP) is 4.76. The Bertz CT molecular complexity index is 1940. The Hall–Kier alpha value is -4.29. The Labute approximate surface area is 269 Å². The molecule has 3 N–H and O–H groups in total. The number of esters is 1. The number of benzene rings is 3. The van der Waals surface area contributed by atoms with Gasteiger partial charge in [0.1, 0.15) is 11.3 Å². The number of likely N-dealkylation sites (tertiary alicyclic amines) is 1. The van der Waals surface area contributed by atoms with E-state index in [1.165, 1.54) is 0 Å². The summed E-state index contributed by atoms with van der Waals surface area (Å²) >= 11 is 0. The first kappa shape index (κ1) is 31.7. The summed E-state index contributed by atoms with van der Waals surface area (Å²) < 4.78 is 42.1. The number of pyridine rings is 1. The second-order valence-corrected chi connectivity index (χ2v) is 13.5. The topological polar surface area (TPSA) is 129 Å². The number of carbonyl (C=O) groups excluding carboxylic acids is 1. The molecule has 46 heavy (non-hydrogen) atoms. The number of nitrogens with two attached hydrogens (primary N) is 1. The van der Waals surface area contributed by atoms with Gasteiger partial charge in [0.05, 0.1) is 31.2 Å². The third kappa shape index (κ3) is 7.39. The molecule has 3 heterocycles. The number of hydrogen-bond acceptors (Lipinski definition) is 8. The van der Waals surface area contributed by atoms with Crippen LogP contribution in [0.3, 0.4) is 0 Å². The van der Waals surface area contributed by atoms with Gasteiger partial charge in [0.25, 0.3) is 0 Å². The second-order valence-electron chi connectivity index (χ2n) is 11.8. The molecule has 1 aliphatic rings. The maximum Gasteiger partial charge on any atom is 0.355 e. The minimum absolute atomic E-state index is 0.148. The number of nitrogens with zero attached hydrogens (tertiary/aromatic N) is 3. The van der Waals surface area contributed by atoms with Crippen LogP contribution in [0.4, 0.5) is 5.69 Å². The average Bonchev–Trinajstić information content (AvgIpc) is 3.66. The smallest absolute Gasteiger partial charge is 0.355 e. The summed E-state index contributed by atoms with van der Waals surface area (Å²) in [5.74, 6) is -0.317. The first-order valence-electron chi connectivity index (χ1n) is 15.5. The number of carbonyl (C=O) groups is 1. The molecule has 0 radical (unpaired) electrons. The van der Waals surface area contributed by atoms with Crippen molar-refractivity contribution in [2.24, 2.45) is 11.7 Å². The van der Waals surface area contributed by atoms with Crippen molar-refractivity contribution in [2.45, 2.75) is 25.3 Å². The van der Waals surface area contributed by atoms with Gasteiger partial charge in [-0.3, -0.25) is 4.72 Å². The number of nitrogens with one attached hydrogen (secondary N) is 1. The molecule has 11 heteroatoms. The highest BCUT2D eigenvalue weighted by molar-refractivity contribution is 7.91. The van der Waals surface area contributed by atoms with E-state index in [0.29, 0.717) is 41.5 Å². The zero-order chi connectivity index (χ0) is 32.1. The first-order valence-corrected chi connectivity index (χ1v) is 17.1. The number of sulfonamides is 1. The summed E-state index contributed by atoms with van der Waals surface area (Å²) in [7, 11) is -2.00. The van der Waals surface area contributed by atoms with Crippen molar-refractivity contribution < 1.29 is 22.7 Å². The van der Waals surface area contributed by atoms with Crippen LogP contribution in [0.2, 0.25) is 0 Å². The molecule has 0 amide bonds. The first-order chi connectivity index (χ1) is 22.3. The molecule has 0 aliphatic carbocycles. The van der Waals surface area contributed by atoms with Gasteiger partial charge in [0.2, 0.25) is 10.0 Å². The summed E-state index contributed by atoms with van der Waals surface area (Å²) in [6.45, 7) is 4.19. The van der Waals surface area contributed by atoms with Crippen LogP contribution in [0.25, 0.3) is 21.8 Å². The molecule has 0 spiro atoms. The summed E-state index contributed by atoms with van der Waals surface area (Å²) in [5.41, 5.74) is 9.59. The minimum atomic E-state index is -3.69. The van der Waals surface area contributed by atoms with Crippen molar-refractivity contribution >= 4 is 43.5 Å². The largest absolute Gasteiger partial charge is 0.461 e. The fourth-order valence-electron chi connectivity index (χ4n) is 6.11. The van der Waals surface area contributed by atoms with Gasteiger partial charge in [0.15, 0.2) is 0 Å². The van der Waals surface area contributed by atoms with Crippen LogP contribution < -0.4 is 10.5 Å². The molecule has 1 atom stereocenters. The van der Waals surface area contributed by atoms with E-state index in [1.54, 1.807) is 25.3 Å². The molecule has 0 saturated carbocycles. The fraction of sp³-hybridized carbons (Fsp3) is 0.314. The molecular weight excluding hydrogens is 602 g/mol. The molecule has 6 rings (SSSR count). The number of ether oxygens (including phenoxy) is 2. The van der Waals surface area contributed by atoms with Crippen LogP contribution in [0, 0.1) is 5.92 Å². The summed E-state index contributed by atoms with van der Waals surface area (Å²) in [6.07, 6.45) is 0.959. The second kappa shape index (κ2) is 14.0. The highest BCUT2D eigenvalue weighted by Crippen LogP contribution is 2.29. The lowest BCUT2D eigenvalue weighted by Gasteiger charge is -2.17. The standard InChI is InChI=1S/C35H39N5O5S/c1-44-16-15-39-14-13-26(21-39)23-45-35(41)33-19-28-11-12-30(20-36)37-34(28)40(33)22-29-18-31(17-27-9-5-6-10-32(27)29)38-46(42,43)24-25-7-3-2-4-8-25/h2-12,17-19,26,38H,13-16,20-24,36H2,1H3. The molecule has 1 saturated heterocycles. The molecule has 1 fully saturated rings. The van der Waals surface area contributed by atoms with Crippen molar-refractivity contribution in [1.29, 1.82) is 0 Å². The van der Waals surface area contributed by atoms with Gasteiger partial charge in [-0.25, -0.2) is 18.2 Å². The van der Waals surface area contributed by atoms with E-state index in [9.17, 15) is 13.2 Å². The van der Waals surface area contributed by atoms with Gasteiger partial charge >= 0.3 is 5.97 Å². The van der Waals surface area contributed by atoms with E-state index in [0.717, 1.165) is 47.8 Å². The van der Waals surface area contributed by atoms with E-state index < -0.39 is 16.0 Å². The third-order valence-electron chi connectivity index (χ3n) is 8.40. The van der Waals surface area contributed by atoms with Crippen LogP contribution in [-0.4, -0.2) is 68.8 Å². The molecule has 240 valence electrons. The van der Waals surface area contributed by atoms with Crippen LogP contribution in [0.1, 0.15) is 33.7 Å². The van der Waals surface area contributed by atoms with E-state index >= 15 is 0 Å². The lowest BCUT2D eigenvalue weighted by Crippen LogP contribution is -2.26. The van der Waals surface area contributed by atoms with Gasteiger partial charge in [-0.1, -0.05) is 54.6 Å². The van der Waals surface area contributed by atoms with Crippen molar-refractivity contribution in [3.63, 3.8) is 0 Å². The molecule has 2 aromatic heterocycles. The number of hydrogen-bond donors (Lipinski definition) is 2. The Morgan fingerprint density at radius 3 is 2.63 bits per heavy atom. The molecule has 3 aromatic carbocycles. The molecule has 5 aromatic rings. The maximum absolute atomic E-state index is 13.7. The maximum atomic E-state index is 13.7. The lowest BCUT2D eigenvalue weighted by atomic mass is 10.0. The van der Waals surface area contributed by atoms with Crippen molar-refractivity contribution in [3.8, 4) is 0 Å². The lowest BCUT2D eigenvalue weighted by molar-refractivity contribution is 0.0430. The SMILES string of the molecule is COCCN1CCC(COC(=O)c2cc3ccc(CN)nc3n2Cc2cc(NS(=O)(=O)Cc3ccccc3)cc3ccccc23)C1. The monoisotopic (exact) mass is 641 g/mol. The van der Waals surface area contributed by atoms with Crippen LogP contribution in [0.15, 0.2) is 84.9 Å². The third-order valence-corrected chi connectivity index (χ3v) is 9.66. The number of rotatable bonds is 13. The molecule has 1 aliphatic heterocycles. The van der Waals surface area contributed by atoms with Crippen LogP contribution in [0.5, 0.6) is 0 Å². The average molecular weight is 642 g/mol.